The van der Waals surface area contributed by atoms with Crippen LogP contribution in [-0.2, 0) is 0 Å². The molecule has 2 rings (SSSR count). The number of carbonyl (C=O) groups is 1. The van der Waals surface area contributed by atoms with Crippen LogP contribution in [-0.4, -0.2) is 11.4 Å². The number of fused-ring (bicyclic) bond motifs is 1. The molecule has 0 fully saturated rings. The number of thiophene rings is 1. The predicted molar refractivity (Wildman–Crippen MR) is 82.7 cm³/mol. The fraction of sp³-hybridized carbons (Fsp3) is 0.400. The van der Waals surface area contributed by atoms with Crippen molar-refractivity contribution in [3.05, 3.63) is 29.1 Å². The van der Waals surface area contributed by atoms with Crippen molar-refractivity contribution in [2.24, 2.45) is 0 Å². The van der Waals surface area contributed by atoms with Gasteiger partial charge in [0.2, 0.25) is 0 Å². The first kappa shape index (κ1) is 13.9. The maximum Gasteiger partial charge on any atom is 0.263 e. The zero-order chi connectivity index (χ0) is 14.0. The smallest absolute Gasteiger partial charge is 0.263 e. The number of benzene rings is 1. The highest BCUT2D eigenvalue weighted by atomic mass is 32.1. The summed E-state index contributed by atoms with van der Waals surface area (Å²) in [7, 11) is 0. The Morgan fingerprint density at radius 3 is 2.53 bits per heavy atom. The van der Waals surface area contributed by atoms with E-state index in [9.17, 15) is 4.79 Å². The quantitative estimate of drug-likeness (QED) is 0.892. The number of nitrogen functional groups attached to an aromatic ring is 1. The van der Waals surface area contributed by atoms with E-state index < -0.39 is 0 Å². The summed E-state index contributed by atoms with van der Waals surface area (Å²) in [5.41, 5.74) is 6.51. The number of hydrogen-bond donors (Lipinski definition) is 2. The summed E-state index contributed by atoms with van der Waals surface area (Å²) in [6.07, 6.45) is 1.81. The molecule has 1 amide bonds. The van der Waals surface area contributed by atoms with Crippen LogP contribution < -0.4 is 11.1 Å². The maximum atomic E-state index is 12.4. The van der Waals surface area contributed by atoms with E-state index in [2.05, 4.69) is 26.1 Å². The molecule has 0 aliphatic heterocycles. The fourth-order valence-corrected chi connectivity index (χ4v) is 3.01. The third-order valence-electron chi connectivity index (χ3n) is 3.82. The first-order valence-corrected chi connectivity index (χ1v) is 7.42. The van der Waals surface area contributed by atoms with Gasteiger partial charge in [0.25, 0.3) is 5.91 Å². The van der Waals surface area contributed by atoms with Gasteiger partial charge in [-0.3, -0.25) is 4.79 Å². The Hall–Kier alpha value is -1.55. The van der Waals surface area contributed by atoms with E-state index in [0.717, 1.165) is 22.9 Å². The van der Waals surface area contributed by atoms with Gasteiger partial charge in [0.1, 0.15) is 4.88 Å². The lowest BCUT2D eigenvalue weighted by Gasteiger charge is -2.28. The third-order valence-corrected chi connectivity index (χ3v) is 5.00. The number of amides is 1. The highest BCUT2D eigenvalue weighted by Gasteiger charge is 2.25. The molecule has 0 bridgehead atoms. The topological polar surface area (TPSA) is 55.1 Å². The van der Waals surface area contributed by atoms with Crippen molar-refractivity contribution >= 4 is 33.0 Å². The molecule has 102 valence electrons. The van der Waals surface area contributed by atoms with Crippen molar-refractivity contribution in [1.82, 2.24) is 5.32 Å². The summed E-state index contributed by atoms with van der Waals surface area (Å²) in [5, 5.41) is 4.07. The number of anilines is 1. The van der Waals surface area contributed by atoms with Gasteiger partial charge in [-0.15, -0.1) is 11.3 Å². The van der Waals surface area contributed by atoms with Crippen LogP contribution in [0.25, 0.3) is 10.1 Å². The molecule has 0 spiro atoms. The molecule has 0 aliphatic carbocycles. The van der Waals surface area contributed by atoms with Gasteiger partial charge in [0.15, 0.2) is 0 Å². The molecule has 1 heterocycles. The predicted octanol–water partition coefficient (Wildman–Crippen LogP) is 3.79. The van der Waals surface area contributed by atoms with Crippen LogP contribution in [0.3, 0.4) is 0 Å². The molecule has 19 heavy (non-hydrogen) atoms. The van der Waals surface area contributed by atoms with Gasteiger partial charge in [-0.25, -0.2) is 0 Å². The molecule has 4 heteroatoms. The summed E-state index contributed by atoms with van der Waals surface area (Å²) >= 11 is 1.46. The second-order valence-electron chi connectivity index (χ2n) is 5.06. The molecule has 0 radical (unpaired) electrons. The van der Waals surface area contributed by atoms with Gasteiger partial charge in [-0.1, -0.05) is 32.0 Å². The Balaban J connectivity index is 2.34. The van der Waals surface area contributed by atoms with E-state index in [1.807, 2.05) is 24.3 Å². The van der Waals surface area contributed by atoms with E-state index in [4.69, 9.17) is 5.73 Å². The standard InChI is InChI=1S/C15H20N2OS/c1-4-15(3,5-2)17-14(18)13-12(16)10-8-6-7-9-11(10)19-13/h6-9H,4-5,16H2,1-3H3,(H,17,18). The van der Waals surface area contributed by atoms with E-state index >= 15 is 0 Å². The number of nitrogens with two attached hydrogens (primary N) is 1. The summed E-state index contributed by atoms with van der Waals surface area (Å²) in [4.78, 5) is 13.0. The monoisotopic (exact) mass is 276 g/mol. The second-order valence-corrected chi connectivity index (χ2v) is 6.12. The molecule has 1 aromatic carbocycles. The highest BCUT2D eigenvalue weighted by molar-refractivity contribution is 7.21. The minimum absolute atomic E-state index is 0.0649. The first-order valence-electron chi connectivity index (χ1n) is 6.60. The molecule has 3 nitrogen and oxygen atoms in total. The summed E-state index contributed by atoms with van der Waals surface area (Å²) in [6.45, 7) is 6.23. The molecule has 2 aromatic rings. The highest BCUT2D eigenvalue weighted by Crippen LogP contribution is 2.33. The number of carbonyl (C=O) groups excluding carboxylic acids is 1. The lowest BCUT2D eigenvalue weighted by atomic mass is 9.95. The van der Waals surface area contributed by atoms with Gasteiger partial charge in [-0.2, -0.15) is 0 Å². The van der Waals surface area contributed by atoms with Crippen LogP contribution in [0.4, 0.5) is 5.69 Å². The Bertz CT molecular complexity index is 599. The Morgan fingerprint density at radius 2 is 1.95 bits per heavy atom. The number of rotatable bonds is 4. The van der Waals surface area contributed by atoms with Crippen molar-refractivity contribution in [3.8, 4) is 0 Å². The van der Waals surface area contributed by atoms with Crippen LogP contribution in [0, 0.1) is 0 Å². The van der Waals surface area contributed by atoms with Gasteiger partial charge >= 0.3 is 0 Å². The van der Waals surface area contributed by atoms with Gasteiger partial charge in [0.05, 0.1) is 5.69 Å². The molecule has 0 unspecified atom stereocenters. The van der Waals surface area contributed by atoms with E-state index in [-0.39, 0.29) is 11.4 Å². The average molecular weight is 276 g/mol. The molecule has 1 aromatic heterocycles. The maximum absolute atomic E-state index is 12.4. The molecule has 3 N–H and O–H groups in total. The van der Waals surface area contributed by atoms with Gasteiger partial charge in [-0.05, 0) is 25.8 Å². The van der Waals surface area contributed by atoms with Gasteiger partial charge < -0.3 is 11.1 Å². The Labute approximate surface area is 117 Å². The van der Waals surface area contributed by atoms with Crippen LogP contribution in [0.1, 0.15) is 43.3 Å². The van der Waals surface area contributed by atoms with Crippen molar-refractivity contribution in [2.45, 2.75) is 39.2 Å². The second kappa shape index (κ2) is 5.21. The zero-order valence-corrected chi connectivity index (χ0v) is 12.4. The largest absolute Gasteiger partial charge is 0.397 e. The minimum atomic E-state index is -0.167. The third kappa shape index (κ3) is 2.59. The SMILES string of the molecule is CCC(C)(CC)NC(=O)c1sc2ccccc2c1N. The summed E-state index contributed by atoms with van der Waals surface area (Å²) in [6, 6.07) is 7.85. The van der Waals surface area contributed by atoms with Crippen LogP contribution in [0.5, 0.6) is 0 Å². The van der Waals surface area contributed by atoms with E-state index in [1.54, 1.807) is 0 Å². The van der Waals surface area contributed by atoms with Crippen LogP contribution in [0.2, 0.25) is 0 Å². The van der Waals surface area contributed by atoms with Crippen LogP contribution in [0.15, 0.2) is 24.3 Å². The van der Waals surface area contributed by atoms with Gasteiger partial charge in [0, 0.05) is 15.6 Å². The fourth-order valence-electron chi connectivity index (χ4n) is 1.99. The normalized spacial score (nSPS) is 11.7. The Kier molecular flexibility index (Phi) is 3.80. The Morgan fingerprint density at radius 1 is 1.32 bits per heavy atom. The van der Waals surface area contributed by atoms with E-state index in [0.29, 0.717) is 10.6 Å². The van der Waals surface area contributed by atoms with Crippen LogP contribution >= 0.6 is 11.3 Å². The number of nitrogens with one attached hydrogen (secondary N) is 1. The zero-order valence-electron chi connectivity index (χ0n) is 11.6. The lowest BCUT2D eigenvalue weighted by Crippen LogP contribution is -2.44. The molecule has 0 atom stereocenters. The molecule has 0 saturated heterocycles. The van der Waals surface area contributed by atoms with Crippen molar-refractivity contribution < 1.29 is 4.79 Å². The molecule has 0 aliphatic rings. The number of hydrogen-bond acceptors (Lipinski definition) is 3. The summed E-state index contributed by atoms with van der Waals surface area (Å²) in [5.74, 6) is -0.0649. The van der Waals surface area contributed by atoms with Crippen molar-refractivity contribution in [2.75, 3.05) is 5.73 Å². The molecular weight excluding hydrogens is 256 g/mol. The molecular formula is C15H20N2OS. The lowest BCUT2D eigenvalue weighted by molar-refractivity contribution is 0.0906. The van der Waals surface area contributed by atoms with Crippen molar-refractivity contribution in [3.63, 3.8) is 0 Å². The first-order chi connectivity index (χ1) is 9.00. The summed E-state index contributed by atoms with van der Waals surface area (Å²) < 4.78 is 1.06. The van der Waals surface area contributed by atoms with E-state index in [1.165, 1.54) is 11.3 Å². The van der Waals surface area contributed by atoms with Crippen molar-refractivity contribution in [1.29, 1.82) is 0 Å². The molecule has 0 saturated carbocycles. The minimum Gasteiger partial charge on any atom is -0.397 e. The average Bonchev–Trinajstić information content (AvgIpc) is 2.76.